The lowest BCUT2D eigenvalue weighted by atomic mass is 9.73. The van der Waals surface area contributed by atoms with Crippen molar-refractivity contribution in [3.05, 3.63) is 40.4 Å². The number of likely N-dealkylation sites (tertiary alicyclic amines) is 1. The van der Waals surface area contributed by atoms with Crippen LogP contribution in [-0.4, -0.2) is 66.3 Å². The van der Waals surface area contributed by atoms with Gasteiger partial charge in [0.05, 0.1) is 22.4 Å². The fraction of sp³-hybridized carbons (Fsp3) is 0.387. The minimum atomic E-state index is -0.793. The first-order valence-electron chi connectivity index (χ1n) is 14.2. The Morgan fingerprint density at radius 1 is 1.24 bits per heavy atom. The third kappa shape index (κ3) is 5.36. The number of methoxy groups -OCH3 is 1. The number of carbonyl (C=O) groups is 2. The number of nitriles is 1. The average Bonchev–Trinajstić information content (AvgIpc) is 3.35. The molecule has 0 radical (unpaired) electrons. The van der Waals surface area contributed by atoms with Crippen LogP contribution in [-0.2, 0) is 9.53 Å². The van der Waals surface area contributed by atoms with E-state index in [2.05, 4.69) is 15.3 Å². The first-order valence-corrected chi connectivity index (χ1v) is 15.4. The molecule has 1 spiro atoms. The van der Waals surface area contributed by atoms with E-state index in [1.165, 1.54) is 19.2 Å². The Balaban J connectivity index is 1.43. The van der Waals surface area contributed by atoms with Gasteiger partial charge in [0.15, 0.2) is 5.82 Å². The molecule has 0 bridgehead atoms. The summed E-state index contributed by atoms with van der Waals surface area (Å²) in [4.78, 5) is 36.4. The molecule has 4 heterocycles. The molecular formula is C31H29ClF2N6O4S. The number of nitrogens with zero attached hydrogens (tertiary/aromatic N) is 5. The zero-order valence-electron chi connectivity index (χ0n) is 25.0. The van der Waals surface area contributed by atoms with Crippen LogP contribution in [0.15, 0.2) is 18.2 Å². The van der Waals surface area contributed by atoms with Gasteiger partial charge in [-0.05, 0) is 51.3 Å². The van der Waals surface area contributed by atoms with Crippen molar-refractivity contribution < 1.29 is 27.8 Å². The van der Waals surface area contributed by atoms with Gasteiger partial charge in [0.25, 0.3) is 0 Å². The maximum Gasteiger partial charge on any atom is 0.410 e. The van der Waals surface area contributed by atoms with Crippen LogP contribution in [0.25, 0.3) is 32.1 Å². The second-order valence-electron chi connectivity index (χ2n) is 12.3. The molecule has 10 nitrogen and oxygen atoms in total. The summed E-state index contributed by atoms with van der Waals surface area (Å²) in [5, 5.41) is 13.0. The second-order valence-corrected chi connectivity index (χ2v) is 13.7. The van der Waals surface area contributed by atoms with E-state index >= 15 is 4.39 Å². The van der Waals surface area contributed by atoms with E-state index < -0.39 is 17.2 Å². The zero-order valence-corrected chi connectivity index (χ0v) is 26.5. The number of nitrogens with one attached hydrogen (secondary N) is 1. The molecule has 2 aliphatic rings. The van der Waals surface area contributed by atoms with Crippen molar-refractivity contribution in [1.29, 1.82) is 5.26 Å². The third-order valence-corrected chi connectivity index (χ3v) is 9.48. The number of rotatable bonds is 5. The number of amides is 2. The Morgan fingerprint density at radius 2 is 2.00 bits per heavy atom. The van der Waals surface area contributed by atoms with E-state index in [9.17, 15) is 19.2 Å². The van der Waals surface area contributed by atoms with Crippen LogP contribution in [0.3, 0.4) is 0 Å². The monoisotopic (exact) mass is 654 g/mol. The number of anilines is 2. The van der Waals surface area contributed by atoms with Gasteiger partial charge in [0.2, 0.25) is 6.41 Å². The summed E-state index contributed by atoms with van der Waals surface area (Å²) in [5.74, 6) is -0.981. The third-order valence-electron chi connectivity index (χ3n) is 8.05. The van der Waals surface area contributed by atoms with Gasteiger partial charge in [-0.25, -0.2) is 13.6 Å². The fourth-order valence-corrected chi connectivity index (χ4v) is 7.58. The number of hydrogen-bond donors (Lipinski definition) is 1. The van der Waals surface area contributed by atoms with Gasteiger partial charge >= 0.3 is 12.1 Å². The largest absolute Gasteiger partial charge is 0.467 e. The summed E-state index contributed by atoms with van der Waals surface area (Å²) < 4.78 is 42.5. The topological polar surface area (TPSA) is 121 Å². The molecule has 45 heavy (non-hydrogen) atoms. The first kappa shape index (κ1) is 30.7. The van der Waals surface area contributed by atoms with Crippen LogP contribution in [0.5, 0.6) is 6.01 Å². The predicted octanol–water partition coefficient (Wildman–Crippen LogP) is 6.73. The number of ether oxygens (including phenoxy) is 2. The Morgan fingerprint density at radius 3 is 2.67 bits per heavy atom. The highest BCUT2D eigenvalue weighted by atomic mass is 35.5. The van der Waals surface area contributed by atoms with Crippen LogP contribution in [0.2, 0.25) is 5.02 Å². The first-order chi connectivity index (χ1) is 21.4. The quantitative estimate of drug-likeness (QED) is 0.235. The molecule has 2 fully saturated rings. The fourth-order valence-electron chi connectivity index (χ4n) is 6.25. The van der Waals surface area contributed by atoms with E-state index in [0.29, 0.717) is 43.8 Å². The highest BCUT2D eigenvalue weighted by molar-refractivity contribution is 7.23. The molecule has 2 aromatic heterocycles. The van der Waals surface area contributed by atoms with E-state index in [1.807, 2.05) is 31.7 Å². The number of fused-ring (bicyclic) bond motifs is 2. The Kier molecular flexibility index (Phi) is 7.69. The van der Waals surface area contributed by atoms with Crippen molar-refractivity contribution in [2.45, 2.75) is 39.2 Å². The van der Waals surface area contributed by atoms with Crippen LogP contribution in [0, 0.1) is 28.4 Å². The molecule has 0 aliphatic carbocycles. The van der Waals surface area contributed by atoms with Gasteiger partial charge in [0, 0.05) is 47.9 Å². The number of hydrogen-bond acceptors (Lipinski definition) is 9. The molecule has 2 aromatic carbocycles. The standard InChI is InChI=1S/C31H29ClF2N6O4S/c1-30(2,3)44-29(42)40-13-31(14-40)8-5-9-39(12-31)26-17-10-19(32)22(23(34)24(17)37-28(38-26)43-4)16-6-7-20(33)25-21(16)18(11-35)27(45-25)36-15-41/h6-7,10,15H,5,8-9,12-14H2,1-4H3,(H,36,41). The van der Waals surface area contributed by atoms with Crippen molar-refractivity contribution in [3.8, 4) is 23.2 Å². The lowest BCUT2D eigenvalue weighted by Crippen LogP contribution is -2.64. The predicted molar refractivity (Wildman–Crippen MR) is 168 cm³/mol. The lowest BCUT2D eigenvalue weighted by Gasteiger charge is -2.54. The summed E-state index contributed by atoms with van der Waals surface area (Å²) in [6.07, 6.45) is 1.77. The van der Waals surface area contributed by atoms with E-state index in [4.69, 9.17) is 21.1 Å². The van der Waals surface area contributed by atoms with Crippen LogP contribution >= 0.6 is 22.9 Å². The molecule has 6 rings (SSSR count). The number of halogens is 3. The molecule has 2 aliphatic heterocycles. The number of thiophene rings is 1. The molecule has 2 saturated heterocycles. The van der Waals surface area contributed by atoms with Crippen molar-refractivity contribution in [3.63, 3.8) is 0 Å². The van der Waals surface area contributed by atoms with E-state index in [-0.39, 0.29) is 59.8 Å². The van der Waals surface area contributed by atoms with Crippen LogP contribution in [0.1, 0.15) is 39.2 Å². The van der Waals surface area contributed by atoms with Gasteiger partial charge in [0.1, 0.15) is 33.8 Å². The second kappa shape index (κ2) is 11.3. The highest BCUT2D eigenvalue weighted by Crippen LogP contribution is 2.47. The van der Waals surface area contributed by atoms with E-state index in [0.717, 1.165) is 24.2 Å². The lowest BCUT2D eigenvalue weighted by molar-refractivity contribution is -0.105. The van der Waals surface area contributed by atoms with Crippen molar-refractivity contribution >= 4 is 67.2 Å². The molecule has 14 heteroatoms. The zero-order chi connectivity index (χ0) is 32.3. The summed E-state index contributed by atoms with van der Waals surface area (Å²) >= 11 is 7.66. The van der Waals surface area contributed by atoms with E-state index in [1.54, 1.807) is 11.0 Å². The van der Waals surface area contributed by atoms with Crippen molar-refractivity contribution in [2.75, 3.05) is 43.5 Å². The maximum absolute atomic E-state index is 16.7. The SMILES string of the molecule is COc1nc(N2CCCC3(CN(C(=O)OC(C)(C)C)C3)C2)c2cc(Cl)c(-c3ccc(F)c4sc(NC=O)c(C#N)c34)c(F)c2n1. The van der Waals surface area contributed by atoms with Gasteiger partial charge in [-0.15, -0.1) is 11.3 Å². The number of aromatic nitrogens is 2. The molecule has 2 amide bonds. The summed E-state index contributed by atoms with van der Waals surface area (Å²) in [6, 6.07) is 6.03. The maximum atomic E-state index is 16.7. The Hall–Kier alpha value is -4.28. The van der Waals surface area contributed by atoms with Crippen LogP contribution in [0.4, 0.5) is 24.4 Å². The normalized spacial score (nSPS) is 16.0. The van der Waals surface area contributed by atoms with Gasteiger partial charge in [-0.3, -0.25) is 4.79 Å². The summed E-state index contributed by atoms with van der Waals surface area (Å²) in [7, 11) is 1.39. The molecule has 234 valence electrons. The molecule has 0 atom stereocenters. The van der Waals surface area contributed by atoms with Gasteiger partial charge in [-0.1, -0.05) is 17.7 Å². The number of benzene rings is 2. The molecule has 4 aromatic rings. The van der Waals surface area contributed by atoms with Crippen molar-refractivity contribution in [1.82, 2.24) is 14.9 Å². The highest BCUT2D eigenvalue weighted by Gasteiger charge is 2.49. The molecular weight excluding hydrogens is 626 g/mol. The Bertz CT molecular complexity index is 1910. The minimum absolute atomic E-state index is 0.00680. The smallest absolute Gasteiger partial charge is 0.410 e. The van der Waals surface area contributed by atoms with Gasteiger partial charge in [-0.2, -0.15) is 15.2 Å². The van der Waals surface area contributed by atoms with Gasteiger partial charge < -0.3 is 24.6 Å². The molecule has 0 unspecified atom stereocenters. The number of carbonyl (C=O) groups excluding carboxylic acids is 2. The molecule has 1 N–H and O–H groups in total. The number of piperidine rings is 1. The Labute approximate surface area is 266 Å². The summed E-state index contributed by atoms with van der Waals surface area (Å²) in [6.45, 7) is 7.74. The molecule has 0 saturated carbocycles. The summed E-state index contributed by atoms with van der Waals surface area (Å²) in [5.41, 5.74) is -0.734. The van der Waals surface area contributed by atoms with Crippen molar-refractivity contribution in [2.24, 2.45) is 5.41 Å². The van der Waals surface area contributed by atoms with Crippen LogP contribution < -0.4 is 15.0 Å². The average molecular weight is 655 g/mol. The minimum Gasteiger partial charge on any atom is -0.467 e.